The average Bonchev–Trinajstić information content (AvgIpc) is 2.56. The molecule has 28 heavy (non-hydrogen) atoms. The fourth-order valence-corrected chi connectivity index (χ4v) is 2.53. The third kappa shape index (κ3) is 10.0. The fourth-order valence-electron chi connectivity index (χ4n) is 2.00. The van der Waals surface area contributed by atoms with E-state index in [2.05, 4.69) is 37.0 Å². The summed E-state index contributed by atoms with van der Waals surface area (Å²) in [5.74, 6) is -0.382. The average molecular weight is 552 g/mol. The van der Waals surface area contributed by atoms with Gasteiger partial charge in [-0.1, -0.05) is 16.8 Å². The van der Waals surface area contributed by atoms with E-state index >= 15 is 0 Å². The van der Waals surface area contributed by atoms with Crippen LogP contribution >= 0.6 is 43.5 Å². The summed E-state index contributed by atoms with van der Waals surface area (Å²) in [6.45, 7) is 4.28. The number of halogens is 6. The maximum absolute atomic E-state index is 13.4. The van der Waals surface area contributed by atoms with E-state index in [1.54, 1.807) is 6.08 Å². The summed E-state index contributed by atoms with van der Waals surface area (Å²) in [5.41, 5.74) is -0.145. The highest BCUT2D eigenvalue weighted by Gasteiger charge is 2.36. The lowest BCUT2D eigenvalue weighted by Gasteiger charge is -2.17. The van der Waals surface area contributed by atoms with Crippen molar-refractivity contribution < 1.29 is 27.5 Å². The van der Waals surface area contributed by atoms with Gasteiger partial charge in [-0.15, -0.1) is 0 Å². The number of nitrogens with zero attached hydrogens (tertiary/aromatic N) is 1. The van der Waals surface area contributed by atoms with Crippen LogP contribution in [0.4, 0.5) is 13.2 Å². The maximum Gasteiger partial charge on any atom is 0.420 e. The number of hydrogen-bond donors (Lipinski definition) is 0. The van der Waals surface area contributed by atoms with Gasteiger partial charge in [0.2, 0.25) is 0 Å². The molecule has 0 aliphatic rings. The first-order valence-corrected chi connectivity index (χ1v) is 10.4. The number of unbranched alkanes of at least 4 members (excludes halogenated alkanes) is 2. The Labute approximate surface area is 184 Å². The van der Waals surface area contributed by atoms with Gasteiger partial charge in [-0.2, -0.15) is 13.2 Å². The Morgan fingerprint density at radius 3 is 2.39 bits per heavy atom. The Morgan fingerprint density at radius 1 is 1.11 bits per heavy atom. The molecule has 0 aliphatic heterocycles. The van der Waals surface area contributed by atoms with Gasteiger partial charge in [0.25, 0.3) is 0 Å². The summed E-state index contributed by atoms with van der Waals surface area (Å²) in [7, 11) is 0. The highest BCUT2D eigenvalue weighted by molar-refractivity contribution is 9.28. The van der Waals surface area contributed by atoms with Gasteiger partial charge in [0.1, 0.15) is 30.3 Å². The molecule has 0 N–H and O–H groups in total. The first-order chi connectivity index (χ1) is 13.1. The van der Waals surface area contributed by atoms with E-state index < -0.39 is 11.7 Å². The van der Waals surface area contributed by atoms with Crippen molar-refractivity contribution in [2.75, 3.05) is 19.8 Å². The van der Waals surface area contributed by atoms with E-state index in [0.29, 0.717) is 16.4 Å². The predicted octanol–water partition coefficient (Wildman–Crippen LogP) is 7.33. The number of benzene rings is 1. The second-order valence-electron chi connectivity index (χ2n) is 5.87. The largest absolute Gasteiger partial charge is 0.491 e. The van der Waals surface area contributed by atoms with Crippen molar-refractivity contribution in [3.05, 3.63) is 32.2 Å². The first-order valence-electron chi connectivity index (χ1n) is 8.42. The zero-order valence-electron chi connectivity index (χ0n) is 15.4. The number of ether oxygens (including phenoxy) is 2. The Bertz CT molecular complexity index is 689. The molecule has 1 rings (SSSR count). The molecule has 0 bridgehead atoms. The van der Waals surface area contributed by atoms with Crippen molar-refractivity contribution in [2.45, 2.75) is 39.3 Å². The topological polar surface area (TPSA) is 40.0 Å². The van der Waals surface area contributed by atoms with E-state index in [4.69, 9.17) is 25.9 Å². The smallest absolute Gasteiger partial charge is 0.420 e. The molecular formula is C18H21Br2ClF3NO3. The van der Waals surface area contributed by atoms with E-state index in [1.807, 2.05) is 13.8 Å². The van der Waals surface area contributed by atoms with E-state index in [1.165, 1.54) is 6.07 Å². The Morgan fingerprint density at radius 2 is 1.79 bits per heavy atom. The van der Waals surface area contributed by atoms with Crippen LogP contribution < -0.4 is 9.47 Å². The fraction of sp³-hybridized carbons (Fsp3) is 0.500. The van der Waals surface area contributed by atoms with Crippen molar-refractivity contribution in [2.24, 2.45) is 5.16 Å². The summed E-state index contributed by atoms with van der Waals surface area (Å²) in [6.07, 6.45) is -1.000. The molecule has 0 saturated heterocycles. The number of alkyl halides is 3. The molecule has 0 aromatic heterocycles. The molecule has 0 fully saturated rings. The third-order valence-electron chi connectivity index (χ3n) is 3.18. The van der Waals surface area contributed by atoms with Crippen molar-refractivity contribution in [1.29, 1.82) is 0 Å². The molecule has 0 atom stereocenters. The van der Waals surface area contributed by atoms with Gasteiger partial charge in [0.05, 0.1) is 20.7 Å². The highest BCUT2D eigenvalue weighted by atomic mass is 79.9. The molecule has 1 aromatic rings. The minimum Gasteiger partial charge on any atom is -0.491 e. The minimum atomic E-state index is -4.62. The minimum absolute atomic E-state index is 0.00564. The Hall–Kier alpha value is -0.930. The second-order valence-corrected chi connectivity index (χ2v) is 9.05. The quantitative estimate of drug-likeness (QED) is 0.164. The first kappa shape index (κ1) is 25.1. The Balaban J connectivity index is 2.66. The molecule has 4 nitrogen and oxygen atoms in total. The summed E-state index contributed by atoms with van der Waals surface area (Å²) in [4.78, 5) is 5.06. The van der Waals surface area contributed by atoms with E-state index in [9.17, 15) is 13.2 Å². The normalized spacial score (nSPS) is 11.0. The lowest BCUT2D eigenvalue weighted by Crippen LogP contribution is -2.11. The number of rotatable bonds is 11. The third-order valence-corrected chi connectivity index (χ3v) is 4.11. The van der Waals surface area contributed by atoms with Crippen LogP contribution in [0.15, 0.2) is 26.8 Å². The van der Waals surface area contributed by atoms with Gasteiger partial charge >= 0.3 is 6.18 Å². The van der Waals surface area contributed by atoms with Crippen LogP contribution in [0.5, 0.6) is 11.5 Å². The molecule has 0 saturated carbocycles. The van der Waals surface area contributed by atoms with Gasteiger partial charge in [0, 0.05) is 6.07 Å². The van der Waals surface area contributed by atoms with Crippen LogP contribution in [-0.4, -0.2) is 25.5 Å². The van der Waals surface area contributed by atoms with Crippen molar-refractivity contribution >= 4 is 49.2 Å². The van der Waals surface area contributed by atoms with Gasteiger partial charge in [-0.05, 0) is 77.1 Å². The van der Waals surface area contributed by atoms with Crippen LogP contribution in [0.25, 0.3) is 0 Å². The van der Waals surface area contributed by atoms with Gasteiger partial charge in [0.15, 0.2) is 0 Å². The van der Waals surface area contributed by atoms with E-state index in [0.717, 1.165) is 24.6 Å². The van der Waals surface area contributed by atoms with Crippen LogP contribution in [0.2, 0.25) is 5.02 Å². The number of oxime groups is 1. The van der Waals surface area contributed by atoms with Crippen LogP contribution in [0.3, 0.4) is 0 Å². The van der Waals surface area contributed by atoms with Gasteiger partial charge in [-0.3, -0.25) is 0 Å². The van der Waals surface area contributed by atoms with Gasteiger partial charge in [-0.25, -0.2) is 0 Å². The summed E-state index contributed by atoms with van der Waals surface area (Å²) >= 11 is 12.3. The monoisotopic (exact) mass is 549 g/mol. The summed E-state index contributed by atoms with van der Waals surface area (Å²) < 4.78 is 51.4. The molecular weight excluding hydrogens is 530 g/mol. The summed E-state index contributed by atoms with van der Waals surface area (Å²) in [5, 5.41) is 3.65. The molecule has 0 amide bonds. The zero-order valence-corrected chi connectivity index (χ0v) is 19.3. The number of hydrogen-bond acceptors (Lipinski definition) is 4. The highest BCUT2D eigenvalue weighted by Crippen LogP contribution is 2.43. The van der Waals surface area contributed by atoms with Crippen molar-refractivity contribution in [3.63, 3.8) is 0 Å². The molecule has 0 unspecified atom stereocenters. The predicted molar refractivity (Wildman–Crippen MR) is 112 cm³/mol. The molecule has 10 heteroatoms. The van der Waals surface area contributed by atoms with Crippen LogP contribution in [0.1, 0.15) is 38.7 Å². The van der Waals surface area contributed by atoms with Crippen LogP contribution in [0, 0.1) is 0 Å². The lowest BCUT2D eigenvalue weighted by molar-refractivity contribution is -0.139. The standard InChI is InChI=1S/C18H21Br2ClF3NO3/c1-12(2)25-28-8-5-3-4-7-27-17-14(18(22,23)24)10-13(11-15(17)21)26-9-6-16(19)20/h6,10-11H,3-5,7-9H2,1-2H3. The van der Waals surface area contributed by atoms with Crippen molar-refractivity contribution in [3.8, 4) is 11.5 Å². The molecule has 0 aliphatic carbocycles. The van der Waals surface area contributed by atoms with Crippen molar-refractivity contribution in [1.82, 2.24) is 0 Å². The van der Waals surface area contributed by atoms with E-state index in [-0.39, 0.29) is 29.7 Å². The molecule has 158 valence electrons. The van der Waals surface area contributed by atoms with Crippen LogP contribution in [-0.2, 0) is 11.0 Å². The SMILES string of the molecule is CC(C)=NOCCCCCOc1c(Cl)cc(OCC=C(Br)Br)cc1C(F)(F)F. The molecule has 0 radical (unpaired) electrons. The Kier molecular flexibility index (Phi) is 11.3. The summed E-state index contributed by atoms with van der Waals surface area (Å²) in [6, 6.07) is 2.19. The second kappa shape index (κ2) is 12.6. The maximum atomic E-state index is 13.4. The lowest BCUT2D eigenvalue weighted by atomic mass is 10.1. The molecule has 0 heterocycles. The molecule has 1 aromatic carbocycles. The van der Waals surface area contributed by atoms with Gasteiger partial charge < -0.3 is 14.3 Å². The molecule has 0 spiro atoms. The zero-order chi connectivity index (χ0) is 21.2.